The molecule has 1 atom stereocenters. The predicted molar refractivity (Wildman–Crippen MR) is 185 cm³/mol. The molecule has 9 heteroatoms. The third-order valence-corrected chi connectivity index (χ3v) is 10.3. The smallest absolute Gasteiger partial charge is 0.264 e. The van der Waals surface area contributed by atoms with Crippen LogP contribution in [0, 0.1) is 0 Å². The molecule has 1 N–H and O–H groups in total. The number of sulfonamides is 1. The number of hydrogen-bond donors (Lipinski definition) is 1. The Morgan fingerprint density at radius 1 is 0.787 bits per heavy atom. The van der Waals surface area contributed by atoms with Crippen molar-refractivity contribution in [2.45, 2.75) is 69.0 Å². The molecule has 0 radical (unpaired) electrons. The molecule has 0 unspecified atom stereocenters. The van der Waals surface area contributed by atoms with E-state index in [9.17, 15) is 18.0 Å². The molecule has 1 fully saturated rings. The molecule has 0 heterocycles. The summed E-state index contributed by atoms with van der Waals surface area (Å²) in [6, 6.07) is 33.0. The lowest BCUT2D eigenvalue weighted by atomic mass is 9.94. The maximum atomic E-state index is 14.6. The number of carbonyl (C=O) groups excluding carboxylic acids is 2. The predicted octanol–water partition coefficient (Wildman–Crippen LogP) is 6.37. The van der Waals surface area contributed by atoms with E-state index in [1.54, 1.807) is 47.4 Å². The normalized spacial score (nSPS) is 14.1. The monoisotopic (exact) mass is 653 g/mol. The molecule has 0 spiro atoms. The van der Waals surface area contributed by atoms with Crippen LogP contribution in [0.1, 0.15) is 50.2 Å². The molecule has 4 aromatic carbocycles. The third kappa shape index (κ3) is 9.01. The highest BCUT2D eigenvalue weighted by atomic mass is 32.2. The second kappa shape index (κ2) is 16.3. The zero-order chi connectivity index (χ0) is 33.1. The standard InChI is InChI=1S/C38H43N3O5S/c1-2-46-34-25-23-33(24-26-34)41(47(44,45)35-21-13-6-14-22-35)29-37(42)40(28-31-17-9-4-10-18-31)36(27-30-15-7-3-8-16-30)38(43)39-32-19-11-5-12-20-32/h3-4,6-10,13-18,21-26,32,36H,2,5,11-12,19-20,27-29H2,1H3,(H,39,43)/t36-/m1/s1. The average Bonchev–Trinajstić information content (AvgIpc) is 3.11. The number of nitrogens with zero attached hydrogens (tertiary/aromatic N) is 2. The van der Waals surface area contributed by atoms with Crippen molar-refractivity contribution in [2.75, 3.05) is 17.5 Å². The summed E-state index contributed by atoms with van der Waals surface area (Å²) < 4.78 is 35.0. The van der Waals surface area contributed by atoms with E-state index in [0.29, 0.717) is 18.0 Å². The van der Waals surface area contributed by atoms with E-state index in [4.69, 9.17) is 4.74 Å². The third-order valence-electron chi connectivity index (χ3n) is 8.46. The van der Waals surface area contributed by atoms with Gasteiger partial charge in [-0.15, -0.1) is 0 Å². The molecule has 2 amide bonds. The van der Waals surface area contributed by atoms with Gasteiger partial charge in [0.25, 0.3) is 10.0 Å². The molecular formula is C38H43N3O5S. The zero-order valence-electron chi connectivity index (χ0n) is 26.8. The summed E-state index contributed by atoms with van der Waals surface area (Å²) in [5, 5.41) is 3.24. The Labute approximate surface area is 278 Å². The van der Waals surface area contributed by atoms with Crippen LogP contribution < -0.4 is 14.4 Å². The SMILES string of the molecule is CCOc1ccc(N(CC(=O)N(Cc2ccccc2)[C@H](Cc2ccccc2)C(=O)NC2CCCCC2)S(=O)(=O)c2ccccc2)cc1. The van der Waals surface area contributed by atoms with Gasteiger partial charge in [-0.05, 0) is 67.3 Å². The zero-order valence-corrected chi connectivity index (χ0v) is 27.6. The maximum Gasteiger partial charge on any atom is 0.264 e. The van der Waals surface area contributed by atoms with Gasteiger partial charge in [-0.25, -0.2) is 8.42 Å². The van der Waals surface area contributed by atoms with E-state index in [-0.39, 0.29) is 29.8 Å². The number of amides is 2. The van der Waals surface area contributed by atoms with E-state index < -0.39 is 28.5 Å². The van der Waals surface area contributed by atoms with Crippen molar-refractivity contribution in [3.63, 3.8) is 0 Å². The molecule has 1 aliphatic carbocycles. The van der Waals surface area contributed by atoms with E-state index in [0.717, 1.165) is 47.5 Å². The summed E-state index contributed by atoms with van der Waals surface area (Å²) in [5.74, 6) is -0.127. The number of nitrogens with one attached hydrogen (secondary N) is 1. The summed E-state index contributed by atoms with van der Waals surface area (Å²) >= 11 is 0. The molecular weight excluding hydrogens is 611 g/mol. The number of carbonyl (C=O) groups is 2. The Morgan fingerprint density at radius 2 is 1.36 bits per heavy atom. The van der Waals surface area contributed by atoms with Crippen LogP contribution in [0.2, 0.25) is 0 Å². The van der Waals surface area contributed by atoms with Crippen LogP contribution in [0.15, 0.2) is 120 Å². The van der Waals surface area contributed by atoms with Gasteiger partial charge < -0.3 is 15.0 Å². The highest BCUT2D eigenvalue weighted by Crippen LogP contribution is 2.27. The highest BCUT2D eigenvalue weighted by Gasteiger charge is 2.35. The van der Waals surface area contributed by atoms with Crippen LogP contribution in [0.25, 0.3) is 0 Å². The number of ether oxygens (including phenoxy) is 1. The minimum atomic E-state index is -4.16. The fourth-order valence-corrected chi connectivity index (χ4v) is 7.44. The van der Waals surface area contributed by atoms with Gasteiger partial charge in [0.1, 0.15) is 18.3 Å². The number of benzene rings is 4. The van der Waals surface area contributed by atoms with Crippen LogP contribution in [0.4, 0.5) is 5.69 Å². The van der Waals surface area contributed by atoms with Crippen molar-refractivity contribution in [3.8, 4) is 5.75 Å². The minimum absolute atomic E-state index is 0.0435. The summed E-state index contributed by atoms with van der Waals surface area (Å²) in [4.78, 5) is 30.4. The van der Waals surface area contributed by atoms with Crippen molar-refractivity contribution < 1.29 is 22.7 Å². The molecule has 1 saturated carbocycles. The molecule has 0 saturated heterocycles. The lowest BCUT2D eigenvalue weighted by Crippen LogP contribution is -2.55. The van der Waals surface area contributed by atoms with Crippen molar-refractivity contribution in [2.24, 2.45) is 0 Å². The Hall–Kier alpha value is -4.63. The lowest BCUT2D eigenvalue weighted by Gasteiger charge is -2.35. The van der Waals surface area contributed by atoms with Gasteiger partial charge in [0, 0.05) is 19.0 Å². The second-order valence-corrected chi connectivity index (χ2v) is 13.7. The molecule has 0 aliphatic heterocycles. The molecule has 246 valence electrons. The molecule has 0 bridgehead atoms. The van der Waals surface area contributed by atoms with Gasteiger partial charge in [0.15, 0.2) is 0 Å². The molecule has 1 aliphatic rings. The van der Waals surface area contributed by atoms with Crippen LogP contribution in [-0.4, -0.2) is 50.4 Å². The Balaban J connectivity index is 1.54. The lowest BCUT2D eigenvalue weighted by molar-refractivity contribution is -0.140. The summed E-state index contributed by atoms with van der Waals surface area (Å²) in [6.45, 7) is 1.97. The second-order valence-electron chi connectivity index (χ2n) is 11.8. The molecule has 5 rings (SSSR count). The first-order valence-corrected chi connectivity index (χ1v) is 17.8. The van der Waals surface area contributed by atoms with Crippen LogP contribution in [-0.2, 0) is 32.6 Å². The first-order chi connectivity index (χ1) is 22.8. The first kappa shape index (κ1) is 33.7. The summed E-state index contributed by atoms with van der Waals surface area (Å²) in [7, 11) is -4.16. The quantitative estimate of drug-likeness (QED) is 0.171. The van der Waals surface area contributed by atoms with Crippen molar-refractivity contribution in [1.82, 2.24) is 10.2 Å². The van der Waals surface area contributed by atoms with Crippen molar-refractivity contribution in [1.29, 1.82) is 0 Å². The van der Waals surface area contributed by atoms with Crippen LogP contribution in [0.5, 0.6) is 5.75 Å². The van der Waals surface area contributed by atoms with Crippen LogP contribution in [0.3, 0.4) is 0 Å². The van der Waals surface area contributed by atoms with Crippen molar-refractivity contribution in [3.05, 3.63) is 126 Å². The fraction of sp³-hybridized carbons (Fsp3) is 0.316. The number of rotatable bonds is 14. The molecule has 8 nitrogen and oxygen atoms in total. The minimum Gasteiger partial charge on any atom is -0.494 e. The first-order valence-electron chi connectivity index (χ1n) is 16.3. The van der Waals surface area contributed by atoms with Gasteiger partial charge in [0.05, 0.1) is 17.2 Å². The van der Waals surface area contributed by atoms with E-state index in [1.165, 1.54) is 12.1 Å². The van der Waals surface area contributed by atoms with Gasteiger partial charge in [0.2, 0.25) is 11.8 Å². The molecule has 4 aromatic rings. The maximum absolute atomic E-state index is 14.6. The van der Waals surface area contributed by atoms with Crippen molar-refractivity contribution >= 4 is 27.5 Å². The van der Waals surface area contributed by atoms with E-state index in [2.05, 4.69) is 5.32 Å². The Bertz CT molecular complexity index is 1680. The van der Waals surface area contributed by atoms with Gasteiger partial charge >= 0.3 is 0 Å². The van der Waals surface area contributed by atoms with Crippen LogP contribution >= 0.6 is 0 Å². The van der Waals surface area contributed by atoms with E-state index in [1.807, 2.05) is 67.6 Å². The van der Waals surface area contributed by atoms with Gasteiger partial charge in [-0.3, -0.25) is 13.9 Å². The molecule has 0 aromatic heterocycles. The number of anilines is 1. The largest absolute Gasteiger partial charge is 0.494 e. The van der Waals surface area contributed by atoms with Gasteiger partial charge in [-0.2, -0.15) is 0 Å². The Morgan fingerprint density at radius 3 is 1.96 bits per heavy atom. The van der Waals surface area contributed by atoms with E-state index >= 15 is 0 Å². The summed E-state index contributed by atoms with van der Waals surface area (Å²) in [6.07, 6.45) is 5.33. The summed E-state index contributed by atoms with van der Waals surface area (Å²) in [5.41, 5.74) is 2.06. The topological polar surface area (TPSA) is 96.0 Å². The Kier molecular flexibility index (Phi) is 11.7. The molecule has 47 heavy (non-hydrogen) atoms. The average molecular weight is 654 g/mol. The fourth-order valence-electron chi connectivity index (χ4n) is 6.00. The highest BCUT2D eigenvalue weighted by molar-refractivity contribution is 7.92. The van der Waals surface area contributed by atoms with Gasteiger partial charge in [-0.1, -0.05) is 98.1 Å². The number of hydrogen-bond acceptors (Lipinski definition) is 5.